The second-order valence-electron chi connectivity index (χ2n) is 7.89. The Morgan fingerprint density at radius 1 is 1.03 bits per heavy atom. The summed E-state index contributed by atoms with van der Waals surface area (Å²) in [5.41, 5.74) is 2.10. The van der Waals surface area contributed by atoms with E-state index in [2.05, 4.69) is 9.97 Å². The van der Waals surface area contributed by atoms with Gasteiger partial charge >= 0.3 is 5.97 Å². The second kappa shape index (κ2) is 10.2. The Hall–Kier alpha value is -4.12. The van der Waals surface area contributed by atoms with E-state index in [1.807, 2.05) is 0 Å². The topological polar surface area (TPSA) is 130 Å². The molecule has 0 radical (unpaired) electrons. The van der Waals surface area contributed by atoms with Gasteiger partial charge in [0.1, 0.15) is 11.6 Å². The molecule has 0 aliphatic rings. The molecular formula is C25H25N3O7S. The third kappa shape index (κ3) is 4.82. The zero-order valence-electron chi connectivity index (χ0n) is 20.0. The van der Waals surface area contributed by atoms with Crippen molar-refractivity contribution in [2.24, 2.45) is 0 Å². The smallest absolute Gasteiger partial charge is 0.341 e. The molecule has 0 aliphatic carbocycles. The van der Waals surface area contributed by atoms with Crippen LogP contribution in [0, 0.1) is 6.92 Å². The Morgan fingerprint density at radius 3 is 2.50 bits per heavy atom. The molecule has 2 aromatic heterocycles. The summed E-state index contributed by atoms with van der Waals surface area (Å²) in [5, 5.41) is 8.85. The third-order valence-electron chi connectivity index (χ3n) is 5.57. The lowest BCUT2D eigenvalue weighted by Gasteiger charge is -2.14. The number of carbonyl (C=O) groups is 1. The lowest BCUT2D eigenvalue weighted by Crippen LogP contribution is -2.17. The van der Waals surface area contributed by atoms with Crippen LogP contribution in [0.15, 0.2) is 59.6 Å². The molecule has 1 N–H and O–H groups in total. The van der Waals surface area contributed by atoms with Crippen molar-refractivity contribution in [3.05, 3.63) is 71.8 Å². The van der Waals surface area contributed by atoms with E-state index in [-0.39, 0.29) is 11.3 Å². The van der Waals surface area contributed by atoms with E-state index >= 15 is 0 Å². The average Bonchev–Trinajstić information content (AvgIpc) is 3.25. The van der Waals surface area contributed by atoms with Gasteiger partial charge in [-0.2, -0.15) is 0 Å². The van der Waals surface area contributed by atoms with Crippen molar-refractivity contribution in [3.63, 3.8) is 0 Å². The standard InChI is InChI=1S/C25H25N3O7S/c1-16-14-17(8-10-21(16)35-15-24(29)30)36(31,32)28-20-7-5-4-6-18(20)27-23(28)11-9-19-25(34-3)22(33-2)12-13-26-19/h4-8,10,12-14H,9,11,15H2,1-3H3,(H,29,30). The third-order valence-corrected chi connectivity index (χ3v) is 7.31. The second-order valence-corrected chi connectivity index (χ2v) is 9.68. The maximum absolute atomic E-state index is 13.8. The molecule has 2 heterocycles. The number of rotatable bonds is 10. The molecule has 0 bridgehead atoms. The van der Waals surface area contributed by atoms with Gasteiger partial charge in [0, 0.05) is 25.1 Å². The number of benzene rings is 2. The Bertz CT molecular complexity index is 1530. The van der Waals surface area contributed by atoms with E-state index in [0.29, 0.717) is 51.8 Å². The van der Waals surface area contributed by atoms with E-state index in [1.165, 1.54) is 36.4 Å². The molecule has 0 unspecified atom stereocenters. The van der Waals surface area contributed by atoms with Crippen molar-refractivity contribution in [2.75, 3.05) is 20.8 Å². The molecule has 2 aromatic carbocycles. The molecule has 0 saturated carbocycles. The first-order valence-electron chi connectivity index (χ1n) is 11.0. The van der Waals surface area contributed by atoms with Crippen molar-refractivity contribution < 1.29 is 32.5 Å². The SMILES string of the molecule is COc1ccnc(CCc2nc3ccccc3n2S(=O)(=O)c2ccc(OCC(=O)O)c(C)c2)c1OC. The summed E-state index contributed by atoms with van der Waals surface area (Å²) in [6, 6.07) is 13.0. The minimum absolute atomic E-state index is 0.0316. The van der Waals surface area contributed by atoms with Crippen LogP contribution in [0.5, 0.6) is 17.2 Å². The number of aryl methyl sites for hydroxylation is 3. The summed E-state index contributed by atoms with van der Waals surface area (Å²) in [6.07, 6.45) is 2.23. The first-order chi connectivity index (χ1) is 17.3. The van der Waals surface area contributed by atoms with Crippen LogP contribution < -0.4 is 14.2 Å². The van der Waals surface area contributed by atoms with Gasteiger partial charge in [0.2, 0.25) is 0 Å². The molecule has 0 atom stereocenters. The molecule has 4 rings (SSSR count). The Labute approximate surface area is 208 Å². The fourth-order valence-corrected chi connectivity index (χ4v) is 5.53. The van der Waals surface area contributed by atoms with Gasteiger partial charge < -0.3 is 19.3 Å². The Kier molecular flexibility index (Phi) is 7.11. The molecule has 0 saturated heterocycles. The highest BCUT2D eigenvalue weighted by molar-refractivity contribution is 7.90. The quantitative estimate of drug-likeness (QED) is 0.341. The number of imidazole rings is 1. The van der Waals surface area contributed by atoms with Crippen molar-refractivity contribution in [1.82, 2.24) is 13.9 Å². The van der Waals surface area contributed by atoms with Gasteiger partial charge in [0.15, 0.2) is 18.1 Å². The number of aliphatic carboxylic acids is 1. The van der Waals surface area contributed by atoms with Gasteiger partial charge in [-0.1, -0.05) is 12.1 Å². The molecule has 188 valence electrons. The fourth-order valence-electron chi connectivity index (χ4n) is 3.93. The highest BCUT2D eigenvalue weighted by Gasteiger charge is 2.25. The summed E-state index contributed by atoms with van der Waals surface area (Å²) in [7, 11) is -0.992. The molecule has 10 nitrogen and oxygen atoms in total. The van der Waals surface area contributed by atoms with Crippen LogP contribution in [0.1, 0.15) is 17.1 Å². The molecule has 4 aromatic rings. The average molecular weight is 512 g/mol. The number of hydrogen-bond acceptors (Lipinski definition) is 8. The lowest BCUT2D eigenvalue weighted by molar-refractivity contribution is -0.139. The number of methoxy groups -OCH3 is 2. The number of pyridine rings is 1. The van der Waals surface area contributed by atoms with E-state index < -0.39 is 22.6 Å². The molecule has 11 heteroatoms. The summed E-state index contributed by atoms with van der Waals surface area (Å²) in [6.45, 7) is 1.13. The minimum Gasteiger partial charge on any atom is -0.493 e. The zero-order chi connectivity index (χ0) is 25.9. The molecular weight excluding hydrogens is 486 g/mol. The molecule has 0 spiro atoms. The number of ether oxygens (including phenoxy) is 3. The van der Waals surface area contributed by atoms with Crippen molar-refractivity contribution in [1.29, 1.82) is 0 Å². The van der Waals surface area contributed by atoms with Gasteiger partial charge in [0.05, 0.1) is 35.8 Å². The number of nitrogens with zero attached hydrogens (tertiary/aromatic N) is 3. The zero-order valence-corrected chi connectivity index (χ0v) is 20.8. The number of carboxylic acids is 1. The fraction of sp³-hybridized carbons (Fsp3) is 0.240. The van der Waals surface area contributed by atoms with E-state index in [9.17, 15) is 13.2 Å². The van der Waals surface area contributed by atoms with Crippen LogP contribution in [0.4, 0.5) is 0 Å². The summed E-state index contributed by atoms with van der Waals surface area (Å²) in [4.78, 5) is 19.8. The molecule has 0 amide bonds. The number of para-hydroxylation sites is 2. The van der Waals surface area contributed by atoms with Gasteiger partial charge in [-0.3, -0.25) is 4.98 Å². The summed E-state index contributed by atoms with van der Waals surface area (Å²) in [5.74, 6) is 0.528. The Balaban J connectivity index is 1.74. The number of hydrogen-bond donors (Lipinski definition) is 1. The predicted molar refractivity (Wildman–Crippen MR) is 131 cm³/mol. The van der Waals surface area contributed by atoms with Crippen LogP contribution in [0.25, 0.3) is 11.0 Å². The van der Waals surface area contributed by atoms with Gasteiger partial charge in [-0.25, -0.2) is 22.2 Å². The minimum atomic E-state index is -4.05. The Morgan fingerprint density at radius 2 is 1.81 bits per heavy atom. The van der Waals surface area contributed by atoms with Gasteiger partial charge in [-0.15, -0.1) is 0 Å². The number of fused-ring (bicyclic) bond motifs is 1. The first-order valence-corrected chi connectivity index (χ1v) is 12.4. The summed E-state index contributed by atoms with van der Waals surface area (Å²) >= 11 is 0. The van der Waals surface area contributed by atoms with E-state index in [0.717, 1.165) is 0 Å². The van der Waals surface area contributed by atoms with Gasteiger partial charge in [0.25, 0.3) is 10.0 Å². The van der Waals surface area contributed by atoms with Crippen LogP contribution in [0.2, 0.25) is 0 Å². The highest BCUT2D eigenvalue weighted by Crippen LogP contribution is 2.31. The molecule has 36 heavy (non-hydrogen) atoms. The number of carboxylic acid groups (broad SMARTS) is 1. The van der Waals surface area contributed by atoms with Gasteiger partial charge in [-0.05, 0) is 42.8 Å². The normalized spacial score (nSPS) is 11.4. The summed E-state index contributed by atoms with van der Waals surface area (Å²) < 4.78 is 44.9. The van der Waals surface area contributed by atoms with Crippen molar-refractivity contribution in [2.45, 2.75) is 24.7 Å². The van der Waals surface area contributed by atoms with Crippen molar-refractivity contribution >= 4 is 27.0 Å². The maximum atomic E-state index is 13.8. The van der Waals surface area contributed by atoms with Crippen molar-refractivity contribution in [3.8, 4) is 17.2 Å². The van der Waals surface area contributed by atoms with Crippen LogP contribution in [0.3, 0.4) is 0 Å². The van der Waals surface area contributed by atoms with E-state index in [1.54, 1.807) is 43.5 Å². The molecule has 0 aliphatic heterocycles. The first kappa shape index (κ1) is 25.0. The predicted octanol–water partition coefficient (Wildman–Crippen LogP) is 3.24. The van der Waals surface area contributed by atoms with Crippen LogP contribution in [-0.4, -0.2) is 54.3 Å². The highest BCUT2D eigenvalue weighted by atomic mass is 32.2. The maximum Gasteiger partial charge on any atom is 0.341 e. The van der Waals surface area contributed by atoms with E-state index in [4.69, 9.17) is 19.3 Å². The van der Waals surface area contributed by atoms with Crippen LogP contribution in [-0.2, 0) is 27.7 Å². The molecule has 0 fully saturated rings. The largest absolute Gasteiger partial charge is 0.493 e. The monoisotopic (exact) mass is 511 g/mol. The van der Waals surface area contributed by atoms with Crippen LogP contribution >= 0.6 is 0 Å². The number of aromatic nitrogens is 3. The lowest BCUT2D eigenvalue weighted by atomic mass is 10.2.